The van der Waals surface area contributed by atoms with Crippen LogP contribution in [0.25, 0.3) is 0 Å². The van der Waals surface area contributed by atoms with E-state index >= 15 is 0 Å². The first-order chi connectivity index (χ1) is 17.8. The summed E-state index contributed by atoms with van der Waals surface area (Å²) in [6.45, 7) is 3.36. The third kappa shape index (κ3) is 5.26. The molecule has 0 spiro atoms. The Kier molecular flexibility index (Phi) is 7.29. The molecule has 0 aliphatic carbocycles. The predicted molar refractivity (Wildman–Crippen MR) is 141 cm³/mol. The highest BCUT2D eigenvalue weighted by Crippen LogP contribution is 2.37. The third-order valence-electron chi connectivity index (χ3n) is 7.37. The summed E-state index contributed by atoms with van der Waals surface area (Å²) in [5.41, 5.74) is 1.50. The first-order valence-electron chi connectivity index (χ1n) is 12.4. The average Bonchev–Trinajstić information content (AvgIpc) is 3.51. The van der Waals surface area contributed by atoms with Crippen molar-refractivity contribution in [1.82, 2.24) is 14.8 Å². The molecule has 0 radical (unpaired) electrons. The second kappa shape index (κ2) is 10.6. The number of halogens is 1. The average molecular weight is 573 g/mol. The molecular formula is C25H29BrN6O5. The number of benzene rings is 1. The SMILES string of the molecule is CNc1cncc(C(=O)N2CCC[C@@H](Nc3c(C(=O)N4CC5COCC5C4)cc(Br)cc3[N+](=O)[O-])C2)c1. The second-order valence-corrected chi connectivity index (χ2v) is 10.7. The van der Waals surface area contributed by atoms with E-state index in [2.05, 4.69) is 31.5 Å². The fraction of sp³-hybridized carbons (Fsp3) is 0.480. The summed E-state index contributed by atoms with van der Waals surface area (Å²) in [4.78, 5) is 46.0. The number of hydrogen-bond donors (Lipinski definition) is 2. The van der Waals surface area contributed by atoms with Crippen molar-refractivity contribution in [3.05, 3.63) is 56.3 Å². The first-order valence-corrected chi connectivity index (χ1v) is 13.2. The molecule has 1 aromatic carbocycles. The molecule has 1 aromatic heterocycles. The van der Waals surface area contributed by atoms with Gasteiger partial charge in [-0.25, -0.2) is 0 Å². The van der Waals surface area contributed by atoms with Crippen molar-refractivity contribution in [3.63, 3.8) is 0 Å². The van der Waals surface area contributed by atoms with Crippen molar-refractivity contribution in [3.8, 4) is 0 Å². The number of anilines is 2. The largest absolute Gasteiger partial charge is 0.387 e. The Labute approximate surface area is 222 Å². The number of nitrogens with zero attached hydrogens (tertiary/aromatic N) is 4. The van der Waals surface area contributed by atoms with Crippen LogP contribution in [0.3, 0.4) is 0 Å². The highest BCUT2D eigenvalue weighted by Gasteiger charge is 2.40. The number of aromatic nitrogens is 1. The molecule has 2 amide bonds. The van der Waals surface area contributed by atoms with Gasteiger partial charge in [0.05, 0.1) is 35.0 Å². The van der Waals surface area contributed by atoms with Crippen LogP contribution in [0.4, 0.5) is 17.1 Å². The zero-order chi connectivity index (χ0) is 26.1. The number of rotatable bonds is 6. The zero-order valence-electron chi connectivity index (χ0n) is 20.5. The van der Waals surface area contributed by atoms with Gasteiger partial charge in [-0.2, -0.15) is 0 Å². The number of carbonyl (C=O) groups excluding carboxylic acids is 2. The van der Waals surface area contributed by atoms with Gasteiger partial charge in [0.2, 0.25) is 0 Å². The molecular weight excluding hydrogens is 544 g/mol. The normalized spacial score (nSPS) is 23.0. The van der Waals surface area contributed by atoms with Crippen molar-refractivity contribution >= 4 is 44.8 Å². The van der Waals surface area contributed by atoms with Gasteiger partial charge in [0, 0.05) is 74.0 Å². The van der Waals surface area contributed by atoms with Gasteiger partial charge in [-0.1, -0.05) is 15.9 Å². The van der Waals surface area contributed by atoms with Crippen LogP contribution in [0.15, 0.2) is 35.1 Å². The number of ether oxygens (including phenoxy) is 1. The van der Waals surface area contributed by atoms with Crippen molar-refractivity contribution in [2.45, 2.75) is 18.9 Å². The quantitative estimate of drug-likeness (QED) is 0.398. The minimum atomic E-state index is -0.475. The van der Waals surface area contributed by atoms with Crippen LogP contribution in [0.5, 0.6) is 0 Å². The van der Waals surface area contributed by atoms with Crippen LogP contribution in [0.1, 0.15) is 33.6 Å². The first kappa shape index (κ1) is 25.4. The van der Waals surface area contributed by atoms with E-state index in [-0.39, 0.29) is 34.8 Å². The van der Waals surface area contributed by atoms with E-state index in [1.54, 1.807) is 35.2 Å². The van der Waals surface area contributed by atoms with Crippen molar-refractivity contribution in [1.29, 1.82) is 0 Å². The second-order valence-electron chi connectivity index (χ2n) is 9.82. The highest BCUT2D eigenvalue weighted by molar-refractivity contribution is 9.10. The number of nitro groups is 1. The van der Waals surface area contributed by atoms with E-state index in [4.69, 9.17) is 4.74 Å². The molecule has 2 N–H and O–H groups in total. The summed E-state index contributed by atoms with van der Waals surface area (Å²) in [5, 5.41) is 18.3. The maximum absolute atomic E-state index is 13.6. The van der Waals surface area contributed by atoms with E-state index in [1.807, 2.05) is 0 Å². The number of carbonyl (C=O) groups is 2. The van der Waals surface area contributed by atoms with Gasteiger partial charge >= 0.3 is 0 Å². The number of nitrogens with one attached hydrogen (secondary N) is 2. The van der Waals surface area contributed by atoms with Gasteiger partial charge in [0.15, 0.2) is 0 Å². The van der Waals surface area contributed by atoms with E-state index in [1.165, 1.54) is 12.3 Å². The number of hydrogen-bond acceptors (Lipinski definition) is 8. The Hall–Kier alpha value is -3.25. The van der Waals surface area contributed by atoms with Crippen LogP contribution in [0.2, 0.25) is 0 Å². The molecule has 3 atom stereocenters. The molecule has 5 rings (SSSR count). The fourth-order valence-electron chi connectivity index (χ4n) is 5.44. The van der Waals surface area contributed by atoms with Gasteiger partial charge in [0.1, 0.15) is 5.69 Å². The fourth-order valence-corrected chi connectivity index (χ4v) is 5.89. The van der Waals surface area contributed by atoms with Gasteiger partial charge in [-0.05, 0) is 25.0 Å². The zero-order valence-corrected chi connectivity index (χ0v) is 22.1. The lowest BCUT2D eigenvalue weighted by Gasteiger charge is -2.34. The standard InChI is InChI=1S/C25H29BrN6O5/c1-27-20-5-15(8-28-9-20)24(33)30-4-2-3-19(12-30)29-23-21(6-18(26)7-22(23)32(35)36)25(34)31-10-16-13-37-14-17(16)11-31/h5-9,16-17,19,27,29H,2-4,10-14H2,1H3/t16?,17?,19-/m1/s1. The van der Waals surface area contributed by atoms with Gasteiger partial charge in [-0.15, -0.1) is 0 Å². The monoisotopic (exact) mass is 572 g/mol. The van der Waals surface area contributed by atoms with Crippen LogP contribution in [0, 0.1) is 22.0 Å². The number of fused-ring (bicyclic) bond motifs is 1. The molecule has 196 valence electrons. The number of piperidine rings is 1. The summed E-state index contributed by atoms with van der Waals surface area (Å²) in [7, 11) is 1.76. The van der Waals surface area contributed by atoms with Crippen molar-refractivity contribution < 1.29 is 19.2 Å². The molecule has 12 heteroatoms. The molecule has 37 heavy (non-hydrogen) atoms. The maximum Gasteiger partial charge on any atom is 0.294 e. The smallest absolute Gasteiger partial charge is 0.294 e. The minimum absolute atomic E-state index is 0.150. The Bertz CT molecular complexity index is 1210. The topological polar surface area (TPSA) is 130 Å². The molecule has 3 fully saturated rings. The van der Waals surface area contributed by atoms with Crippen LogP contribution in [-0.2, 0) is 4.74 Å². The molecule has 4 heterocycles. The van der Waals surface area contributed by atoms with Crippen molar-refractivity contribution in [2.24, 2.45) is 11.8 Å². The molecule has 0 bridgehead atoms. The van der Waals surface area contributed by atoms with Gasteiger partial charge < -0.3 is 25.2 Å². The lowest BCUT2D eigenvalue weighted by atomic mass is 10.0. The summed E-state index contributed by atoms with van der Waals surface area (Å²) >= 11 is 3.35. The Balaban J connectivity index is 1.38. The molecule has 3 aliphatic heterocycles. The molecule has 11 nitrogen and oxygen atoms in total. The highest BCUT2D eigenvalue weighted by atomic mass is 79.9. The molecule has 2 aromatic rings. The lowest BCUT2D eigenvalue weighted by Crippen LogP contribution is -2.45. The molecule has 0 saturated carbocycles. The number of pyridine rings is 1. The summed E-state index contributed by atoms with van der Waals surface area (Å²) in [6, 6.07) is 4.55. The molecule has 3 aliphatic rings. The van der Waals surface area contributed by atoms with Gasteiger partial charge in [-0.3, -0.25) is 24.7 Å². The van der Waals surface area contributed by atoms with Crippen molar-refractivity contribution in [2.75, 3.05) is 57.1 Å². The summed E-state index contributed by atoms with van der Waals surface area (Å²) < 4.78 is 5.99. The van der Waals surface area contributed by atoms with Gasteiger partial charge in [0.25, 0.3) is 17.5 Å². The lowest BCUT2D eigenvalue weighted by molar-refractivity contribution is -0.384. The van der Waals surface area contributed by atoms with Crippen LogP contribution >= 0.6 is 15.9 Å². The summed E-state index contributed by atoms with van der Waals surface area (Å²) in [5.74, 6) is 0.219. The van der Waals surface area contributed by atoms with Crippen LogP contribution in [-0.4, -0.2) is 84.0 Å². The third-order valence-corrected chi connectivity index (χ3v) is 7.83. The number of amides is 2. The molecule has 2 unspecified atom stereocenters. The predicted octanol–water partition coefficient (Wildman–Crippen LogP) is 3.23. The molecule has 3 saturated heterocycles. The van der Waals surface area contributed by atoms with E-state index in [9.17, 15) is 19.7 Å². The number of nitro benzene ring substituents is 1. The van der Waals surface area contributed by atoms with E-state index in [0.717, 1.165) is 12.1 Å². The maximum atomic E-state index is 13.6. The van der Waals surface area contributed by atoms with E-state index in [0.29, 0.717) is 67.7 Å². The number of likely N-dealkylation sites (tertiary alicyclic amines) is 2. The van der Waals surface area contributed by atoms with E-state index < -0.39 is 4.92 Å². The Morgan fingerprint density at radius 2 is 1.86 bits per heavy atom. The Morgan fingerprint density at radius 3 is 2.57 bits per heavy atom. The summed E-state index contributed by atoms with van der Waals surface area (Å²) in [6.07, 6.45) is 4.62. The Morgan fingerprint density at radius 1 is 1.11 bits per heavy atom. The van der Waals surface area contributed by atoms with Crippen LogP contribution < -0.4 is 10.6 Å². The minimum Gasteiger partial charge on any atom is -0.387 e.